The van der Waals surface area contributed by atoms with Gasteiger partial charge in [-0.15, -0.1) is 0 Å². The standard InChI is InChI=1S/C16H22F2N2O5S/c1-20(11-5-4-6-14(11)26(3,22)23)16(21)19-10-7-8-12(24-2)13(9-10)25-15(17)18/h7-9,11,14-15H,4-6H2,1-3H3,(H,19,21)/t11-,14+/m0/s1. The monoisotopic (exact) mass is 392 g/mol. The highest BCUT2D eigenvalue weighted by molar-refractivity contribution is 7.91. The van der Waals surface area contributed by atoms with Crippen molar-refractivity contribution in [2.24, 2.45) is 0 Å². The molecular formula is C16H22F2N2O5S. The van der Waals surface area contributed by atoms with Crippen molar-refractivity contribution < 1.29 is 31.5 Å². The first-order valence-electron chi connectivity index (χ1n) is 7.99. The van der Waals surface area contributed by atoms with Crippen LogP contribution < -0.4 is 14.8 Å². The lowest BCUT2D eigenvalue weighted by Crippen LogP contribution is -2.46. The third kappa shape index (κ3) is 4.75. The quantitative estimate of drug-likeness (QED) is 0.805. The maximum atomic E-state index is 12.5. The number of amides is 2. The van der Waals surface area contributed by atoms with E-state index in [2.05, 4.69) is 10.1 Å². The van der Waals surface area contributed by atoms with Crippen LogP contribution in [0.15, 0.2) is 18.2 Å². The predicted octanol–water partition coefficient (Wildman–Crippen LogP) is 2.73. The van der Waals surface area contributed by atoms with Gasteiger partial charge in [-0.1, -0.05) is 0 Å². The van der Waals surface area contributed by atoms with E-state index in [1.165, 1.54) is 43.5 Å². The van der Waals surface area contributed by atoms with Crippen molar-refractivity contribution in [2.75, 3.05) is 25.7 Å². The number of halogens is 2. The van der Waals surface area contributed by atoms with Crippen LogP contribution in [-0.2, 0) is 9.84 Å². The summed E-state index contributed by atoms with van der Waals surface area (Å²) in [7, 11) is -0.446. The number of anilines is 1. The molecule has 2 rings (SSSR count). The normalized spacial score (nSPS) is 20.1. The molecule has 0 aliphatic heterocycles. The number of methoxy groups -OCH3 is 1. The molecule has 2 amide bonds. The van der Waals surface area contributed by atoms with E-state index in [0.29, 0.717) is 12.8 Å². The lowest BCUT2D eigenvalue weighted by atomic mass is 10.2. The highest BCUT2D eigenvalue weighted by Gasteiger charge is 2.38. The minimum absolute atomic E-state index is 0.101. The van der Waals surface area contributed by atoms with Crippen LogP contribution in [0.5, 0.6) is 11.5 Å². The highest BCUT2D eigenvalue weighted by atomic mass is 32.2. The Hall–Kier alpha value is -2.10. The Labute approximate surface area is 151 Å². The van der Waals surface area contributed by atoms with Gasteiger partial charge in [0.1, 0.15) is 0 Å². The Kier molecular flexibility index (Phi) is 6.27. The molecular weight excluding hydrogens is 370 g/mol. The summed E-state index contributed by atoms with van der Waals surface area (Å²) in [4.78, 5) is 13.8. The number of carbonyl (C=O) groups is 1. The van der Waals surface area contributed by atoms with Gasteiger partial charge in [-0.2, -0.15) is 8.78 Å². The summed E-state index contributed by atoms with van der Waals surface area (Å²) >= 11 is 0. The molecule has 1 N–H and O–H groups in total. The topological polar surface area (TPSA) is 84.9 Å². The Morgan fingerprint density at radius 3 is 2.58 bits per heavy atom. The zero-order valence-electron chi connectivity index (χ0n) is 14.7. The number of carbonyl (C=O) groups excluding carboxylic acids is 1. The lowest BCUT2D eigenvalue weighted by Gasteiger charge is -2.29. The zero-order chi connectivity index (χ0) is 19.5. The third-order valence-electron chi connectivity index (χ3n) is 4.42. The summed E-state index contributed by atoms with van der Waals surface area (Å²) in [5, 5.41) is 1.96. The summed E-state index contributed by atoms with van der Waals surface area (Å²) in [5.74, 6) is -0.109. The van der Waals surface area contributed by atoms with Crippen molar-refractivity contribution in [1.29, 1.82) is 0 Å². The second kappa shape index (κ2) is 8.07. The molecule has 0 heterocycles. The smallest absolute Gasteiger partial charge is 0.387 e. The average molecular weight is 392 g/mol. The summed E-state index contributed by atoms with van der Waals surface area (Å²) in [6.45, 7) is -3.04. The predicted molar refractivity (Wildman–Crippen MR) is 92.7 cm³/mol. The van der Waals surface area contributed by atoms with Gasteiger partial charge < -0.3 is 19.7 Å². The van der Waals surface area contributed by atoms with Gasteiger partial charge in [-0.25, -0.2) is 13.2 Å². The van der Waals surface area contributed by atoms with Crippen LogP contribution in [0.2, 0.25) is 0 Å². The molecule has 0 aromatic heterocycles. The van der Waals surface area contributed by atoms with E-state index in [1.54, 1.807) is 0 Å². The Balaban J connectivity index is 2.14. The van der Waals surface area contributed by atoms with E-state index >= 15 is 0 Å². The number of hydrogen-bond acceptors (Lipinski definition) is 5. The van der Waals surface area contributed by atoms with Gasteiger partial charge in [0.15, 0.2) is 21.3 Å². The van der Waals surface area contributed by atoms with E-state index in [1.807, 2.05) is 0 Å². The highest BCUT2D eigenvalue weighted by Crippen LogP contribution is 2.32. The first-order chi connectivity index (χ1) is 12.1. The SMILES string of the molecule is COc1ccc(NC(=O)N(C)[C@H]2CCC[C@H]2S(C)(=O)=O)cc1OC(F)F. The van der Waals surface area contributed by atoms with Crippen molar-refractivity contribution >= 4 is 21.6 Å². The summed E-state index contributed by atoms with van der Waals surface area (Å²) in [6, 6.07) is 3.13. The molecule has 0 unspecified atom stereocenters. The summed E-state index contributed by atoms with van der Waals surface area (Å²) in [6.07, 6.45) is 2.98. The molecule has 1 aromatic carbocycles. The molecule has 26 heavy (non-hydrogen) atoms. The second-order valence-corrected chi connectivity index (χ2v) is 8.42. The number of ether oxygens (including phenoxy) is 2. The number of hydrogen-bond donors (Lipinski definition) is 1. The number of rotatable bonds is 6. The fourth-order valence-electron chi connectivity index (χ4n) is 3.15. The number of sulfone groups is 1. The number of nitrogens with one attached hydrogen (secondary N) is 1. The van der Waals surface area contributed by atoms with Gasteiger partial charge in [0.25, 0.3) is 0 Å². The molecule has 1 fully saturated rings. The van der Waals surface area contributed by atoms with E-state index in [-0.39, 0.29) is 17.2 Å². The number of benzene rings is 1. The zero-order valence-corrected chi connectivity index (χ0v) is 15.6. The van der Waals surface area contributed by atoms with Crippen LogP contribution in [0.3, 0.4) is 0 Å². The first-order valence-corrected chi connectivity index (χ1v) is 9.94. The van der Waals surface area contributed by atoms with Gasteiger partial charge in [0.05, 0.1) is 12.4 Å². The number of alkyl halides is 2. The Bertz CT molecular complexity index is 757. The van der Waals surface area contributed by atoms with Gasteiger partial charge in [0.2, 0.25) is 0 Å². The molecule has 146 valence electrons. The Morgan fingerprint density at radius 1 is 1.31 bits per heavy atom. The third-order valence-corrected chi connectivity index (χ3v) is 6.07. The van der Waals surface area contributed by atoms with Crippen LogP contribution in [0, 0.1) is 0 Å². The van der Waals surface area contributed by atoms with Crippen molar-refractivity contribution in [3.63, 3.8) is 0 Å². The molecule has 1 saturated carbocycles. The van der Waals surface area contributed by atoms with Crippen molar-refractivity contribution in [3.05, 3.63) is 18.2 Å². The van der Waals surface area contributed by atoms with Gasteiger partial charge in [0, 0.05) is 31.1 Å². The van der Waals surface area contributed by atoms with Gasteiger partial charge in [-0.3, -0.25) is 0 Å². The lowest BCUT2D eigenvalue weighted by molar-refractivity contribution is -0.0511. The van der Waals surface area contributed by atoms with E-state index in [4.69, 9.17) is 4.74 Å². The van der Waals surface area contributed by atoms with Crippen LogP contribution >= 0.6 is 0 Å². The van der Waals surface area contributed by atoms with Crippen LogP contribution in [-0.4, -0.2) is 57.7 Å². The van der Waals surface area contributed by atoms with E-state index in [0.717, 1.165) is 6.42 Å². The van der Waals surface area contributed by atoms with Crippen LogP contribution in [0.4, 0.5) is 19.3 Å². The van der Waals surface area contributed by atoms with Crippen molar-refractivity contribution in [1.82, 2.24) is 4.90 Å². The molecule has 0 saturated heterocycles. The molecule has 1 aliphatic rings. The molecule has 0 radical (unpaired) electrons. The van der Waals surface area contributed by atoms with Crippen molar-refractivity contribution in [2.45, 2.75) is 37.2 Å². The number of urea groups is 1. The molecule has 0 spiro atoms. The summed E-state index contributed by atoms with van der Waals surface area (Å²) in [5.41, 5.74) is 0.229. The molecule has 7 nitrogen and oxygen atoms in total. The van der Waals surface area contributed by atoms with E-state index in [9.17, 15) is 22.0 Å². The van der Waals surface area contributed by atoms with E-state index < -0.39 is 33.8 Å². The molecule has 0 bridgehead atoms. The van der Waals surface area contributed by atoms with Crippen LogP contribution in [0.1, 0.15) is 19.3 Å². The van der Waals surface area contributed by atoms with Gasteiger partial charge >= 0.3 is 12.6 Å². The van der Waals surface area contributed by atoms with Crippen LogP contribution in [0.25, 0.3) is 0 Å². The largest absolute Gasteiger partial charge is 0.493 e. The Morgan fingerprint density at radius 2 is 2.00 bits per heavy atom. The fourth-order valence-corrected chi connectivity index (χ4v) is 4.64. The average Bonchev–Trinajstić information content (AvgIpc) is 3.03. The minimum Gasteiger partial charge on any atom is -0.493 e. The number of nitrogens with zero attached hydrogens (tertiary/aromatic N) is 1. The molecule has 2 atom stereocenters. The molecule has 1 aliphatic carbocycles. The fraction of sp³-hybridized carbons (Fsp3) is 0.562. The summed E-state index contributed by atoms with van der Waals surface area (Å²) < 4.78 is 58.1. The second-order valence-electron chi connectivity index (χ2n) is 6.15. The molecule has 1 aromatic rings. The first kappa shape index (κ1) is 20.2. The van der Waals surface area contributed by atoms with Crippen molar-refractivity contribution in [3.8, 4) is 11.5 Å². The maximum absolute atomic E-state index is 12.5. The molecule has 10 heteroatoms. The minimum atomic E-state index is -3.27. The van der Waals surface area contributed by atoms with Gasteiger partial charge in [-0.05, 0) is 31.4 Å². The maximum Gasteiger partial charge on any atom is 0.387 e.